The predicted molar refractivity (Wildman–Crippen MR) is 79.8 cm³/mol. The zero-order valence-electron chi connectivity index (χ0n) is 11.9. The third-order valence-electron chi connectivity index (χ3n) is 3.86. The Labute approximate surface area is 123 Å². The maximum atomic E-state index is 12.6. The van der Waals surface area contributed by atoms with Crippen LogP contribution in [0, 0.1) is 13.8 Å². The first kappa shape index (κ1) is 13.4. The Bertz CT molecular complexity index is 725. The summed E-state index contributed by atoms with van der Waals surface area (Å²) in [7, 11) is 0. The van der Waals surface area contributed by atoms with Gasteiger partial charge in [0.2, 0.25) is 0 Å². The van der Waals surface area contributed by atoms with Gasteiger partial charge in [-0.3, -0.25) is 10.1 Å². The maximum Gasteiger partial charge on any atom is 0.322 e. The van der Waals surface area contributed by atoms with Crippen LogP contribution in [-0.4, -0.2) is 11.9 Å². The summed E-state index contributed by atoms with van der Waals surface area (Å²) in [6.07, 6.45) is 0. The molecule has 0 saturated carbocycles. The molecule has 3 amide bonds. The van der Waals surface area contributed by atoms with Crippen LogP contribution < -0.4 is 10.6 Å². The van der Waals surface area contributed by atoms with Crippen LogP contribution in [0.3, 0.4) is 0 Å². The normalized spacial score (nSPS) is 21.0. The highest BCUT2D eigenvalue weighted by Gasteiger charge is 2.49. The lowest BCUT2D eigenvalue weighted by Gasteiger charge is -2.29. The molecule has 2 N–H and O–H groups in total. The van der Waals surface area contributed by atoms with Crippen molar-refractivity contribution in [2.45, 2.75) is 19.4 Å². The van der Waals surface area contributed by atoms with E-state index >= 15 is 0 Å². The van der Waals surface area contributed by atoms with Crippen molar-refractivity contribution in [3.8, 4) is 0 Å². The molecule has 1 fully saturated rings. The van der Waals surface area contributed by atoms with Gasteiger partial charge in [0.25, 0.3) is 5.91 Å². The van der Waals surface area contributed by atoms with Gasteiger partial charge in [0, 0.05) is 0 Å². The van der Waals surface area contributed by atoms with Crippen molar-refractivity contribution in [1.29, 1.82) is 0 Å². The van der Waals surface area contributed by atoms with Crippen molar-refractivity contribution in [1.82, 2.24) is 10.6 Å². The molecule has 0 aromatic heterocycles. The van der Waals surface area contributed by atoms with E-state index in [1.54, 1.807) is 0 Å². The Morgan fingerprint density at radius 1 is 0.952 bits per heavy atom. The van der Waals surface area contributed by atoms with Crippen molar-refractivity contribution >= 4 is 11.9 Å². The molecule has 0 aliphatic carbocycles. The van der Waals surface area contributed by atoms with E-state index in [0.29, 0.717) is 0 Å². The topological polar surface area (TPSA) is 58.2 Å². The van der Waals surface area contributed by atoms with Crippen LogP contribution >= 0.6 is 0 Å². The summed E-state index contributed by atoms with van der Waals surface area (Å²) >= 11 is 0. The number of amides is 3. The van der Waals surface area contributed by atoms with Crippen molar-refractivity contribution in [3.63, 3.8) is 0 Å². The van der Waals surface area contributed by atoms with Crippen LogP contribution in [0.5, 0.6) is 0 Å². The molecule has 0 radical (unpaired) electrons. The minimum atomic E-state index is -1.16. The van der Waals surface area contributed by atoms with Crippen molar-refractivity contribution in [2.75, 3.05) is 0 Å². The Balaban J connectivity index is 2.27. The molecule has 2 aromatic rings. The Morgan fingerprint density at radius 2 is 1.67 bits per heavy atom. The van der Waals surface area contributed by atoms with E-state index in [2.05, 4.69) is 10.6 Å². The van der Waals surface area contributed by atoms with E-state index in [1.165, 1.54) is 0 Å². The van der Waals surface area contributed by atoms with Gasteiger partial charge in [-0.1, -0.05) is 54.1 Å². The van der Waals surface area contributed by atoms with Gasteiger partial charge in [-0.2, -0.15) is 0 Å². The highest BCUT2D eigenvalue weighted by atomic mass is 16.2. The summed E-state index contributed by atoms with van der Waals surface area (Å²) < 4.78 is 0. The Hall–Kier alpha value is -2.62. The standard InChI is InChI=1S/C17H16N2O2/c1-11-8-9-14(12(2)10-11)17(13-6-4-3-5-7-13)15(20)18-16(21)19-17/h3-10H,1-2H3,(H2,18,19,20,21). The van der Waals surface area contributed by atoms with Gasteiger partial charge in [0.05, 0.1) is 0 Å². The molecule has 4 nitrogen and oxygen atoms in total. The summed E-state index contributed by atoms with van der Waals surface area (Å²) in [4.78, 5) is 24.3. The lowest BCUT2D eigenvalue weighted by atomic mass is 9.80. The van der Waals surface area contributed by atoms with Crippen molar-refractivity contribution < 1.29 is 9.59 Å². The molecule has 0 bridgehead atoms. The van der Waals surface area contributed by atoms with E-state index in [-0.39, 0.29) is 5.91 Å². The molecule has 1 aliphatic rings. The molecule has 1 atom stereocenters. The smallest absolute Gasteiger partial charge is 0.316 e. The van der Waals surface area contributed by atoms with Crippen LogP contribution in [0.25, 0.3) is 0 Å². The van der Waals surface area contributed by atoms with Crippen LogP contribution in [0.15, 0.2) is 48.5 Å². The van der Waals surface area contributed by atoms with E-state index in [4.69, 9.17) is 0 Å². The molecule has 21 heavy (non-hydrogen) atoms. The largest absolute Gasteiger partial charge is 0.322 e. The van der Waals surface area contributed by atoms with E-state index in [1.807, 2.05) is 62.4 Å². The monoisotopic (exact) mass is 280 g/mol. The molecule has 0 spiro atoms. The third-order valence-corrected chi connectivity index (χ3v) is 3.86. The van der Waals surface area contributed by atoms with Crippen LogP contribution in [0.4, 0.5) is 4.79 Å². The predicted octanol–water partition coefficient (Wildman–Crippen LogP) is 2.39. The fraction of sp³-hybridized carbons (Fsp3) is 0.176. The summed E-state index contributed by atoms with van der Waals surface area (Å²) in [5, 5.41) is 5.17. The number of urea groups is 1. The number of benzene rings is 2. The van der Waals surface area contributed by atoms with Crippen LogP contribution in [0.2, 0.25) is 0 Å². The number of rotatable bonds is 2. The van der Waals surface area contributed by atoms with Gasteiger partial charge in [0.1, 0.15) is 0 Å². The summed E-state index contributed by atoms with van der Waals surface area (Å²) in [6.45, 7) is 3.95. The molecular formula is C17H16N2O2. The molecule has 1 aliphatic heterocycles. The molecular weight excluding hydrogens is 264 g/mol. The lowest BCUT2D eigenvalue weighted by Crippen LogP contribution is -2.45. The highest BCUT2D eigenvalue weighted by Crippen LogP contribution is 2.34. The average molecular weight is 280 g/mol. The van der Waals surface area contributed by atoms with Gasteiger partial charge >= 0.3 is 6.03 Å². The van der Waals surface area contributed by atoms with E-state index in [9.17, 15) is 9.59 Å². The fourth-order valence-corrected chi connectivity index (χ4v) is 2.93. The molecule has 1 heterocycles. The van der Waals surface area contributed by atoms with Crippen molar-refractivity contribution in [3.05, 3.63) is 70.8 Å². The Morgan fingerprint density at radius 3 is 2.24 bits per heavy atom. The maximum absolute atomic E-state index is 12.6. The number of imide groups is 1. The first-order chi connectivity index (χ1) is 10.0. The van der Waals surface area contributed by atoms with Gasteiger partial charge in [0.15, 0.2) is 5.54 Å². The molecule has 1 saturated heterocycles. The number of hydrogen-bond acceptors (Lipinski definition) is 2. The molecule has 106 valence electrons. The first-order valence-electron chi connectivity index (χ1n) is 6.81. The van der Waals surface area contributed by atoms with Crippen LogP contribution in [0.1, 0.15) is 22.3 Å². The molecule has 1 unspecified atom stereocenters. The third kappa shape index (κ3) is 2.00. The number of aryl methyl sites for hydroxylation is 2. The number of carbonyl (C=O) groups excluding carboxylic acids is 2. The molecule has 3 rings (SSSR count). The molecule has 2 aromatic carbocycles. The number of hydrogen-bond donors (Lipinski definition) is 2. The van der Waals surface area contributed by atoms with E-state index < -0.39 is 11.6 Å². The van der Waals surface area contributed by atoms with Gasteiger partial charge in [-0.25, -0.2) is 4.79 Å². The van der Waals surface area contributed by atoms with Gasteiger partial charge in [-0.05, 0) is 30.5 Å². The average Bonchev–Trinajstić information content (AvgIpc) is 2.75. The fourth-order valence-electron chi connectivity index (χ4n) is 2.93. The summed E-state index contributed by atoms with van der Waals surface area (Å²) in [5.74, 6) is -0.342. The summed E-state index contributed by atoms with van der Waals surface area (Å²) in [5.41, 5.74) is 2.47. The van der Waals surface area contributed by atoms with E-state index in [0.717, 1.165) is 22.3 Å². The summed E-state index contributed by atoms with van der Waals surface area (Å²) in [6, 6.07) is 14.7. The molecule has 4 heteroatoms. The second-order valence-corrected chi connectivity index (χ2v) is 5.34. The van der Waals surface area contributed by atoms with Gasteiger partial charge < -0.3 is 5.32 Å². The minimum Gasteiger partial charge on any atom is -0.316 e. The second kappa shape index (κ2) is 4.74. The zero-order valence-corrected chi connectivity index (χ0v) is 11.9. The number of nitrogens with one attached hydrogen (secondary N) is 2. The minimum absolute atomic E-state index is 0.342. The SMILES string of the molecule is Cc1ccc(C2(c3ccccc3)NC(=O)NC2=O)c(C)c1. The van der Waals surface area contributed by atoms with Crippen LogP contribution in [-0.2, 0) is 10.3 Å². The van der Waals surface area contributed by atoms with Gasteiger partial charge in [-0.15, -0.1) is 0 Å². The number of carbonyl (C=O) groups is 2. The lowest BCUT2D eigenvalue weighted by molar-refractivity contribution is -0.122. The highest BCUT2D eigenvalue weighted by molar-refractivity contribution is 6.09. The second-order valence-electron chi connectivity index (χ2n) is 5.34. The van der Waals surface area contributed by atoms with Crippen molar-refractivity contribution in [2.24, 2.45) is 0 Å². The first-order valence-corrected chi connectivity index (χ1v) is 6.81. The quantitative estimate of drug-likeness (QED) is 0.830. The Kier molecular flexibility index (Phi) is 3.01. The zero-order chi connectivity index (χ0) is 15.0.